The Morgan fingerprint density at radius 2 is 2.33 bits per heavy atom. The first kappa shape index (κ1) is 6.55. The summed E-state index contributed by atoms with van der Waals surface area (Å²) in [6.07, 6.45) is 1.81. The Bertz CT molecular complexity index is 202. The summed E-state index contributed by atoms with van der Waals surface area (Å²) in [5.74, 6) is 5.51. The zero-order chi connectivity index (χ0) is 6.85. The first-order valence-corrected chi connectivity index (χ1v) is 3.43. The van der Waals surface area contributed by atoms with Gasteiger partial charge in [0.15, 0.2) is 6.20 Å². The molecule has 0 saturated carbocycles. The normalized spacial score (nSPS) is 9.56. The quantitative estimate of drug-likeness (QED) is 0.472. The number of nitrogens with two attached hydrogens (primary N) is 1. The van der Waals surface area contributed by atoms with Crippen molar-refractivity contribution >= 4 is 15.9 Å². The van der Waals surface area contributed by atoms with E-state index in [-0.39, 0.29) is 0 Å². The molecule has 0 amide bonds. The number of halogens is 1. The Morgan fingerprint density at radius 3 is 2.78 bits per heavy atom. The van der Waals surface area contributed by atoms with E-state index in [2.05, 4.69) is 15.9 Å². The van der Waals surface area contributed by atoms with Crippen LogP contribution < -0.4 is 10.5 Å². The minimum atomic E-state index is 1.03. The fourth-order valence-electron chi connectivity index (χ4n) is 0.576. The molecule has 0 aliphatic heterocycles. The van der Waals surface area contributed by atoms with E-state index in [0.717, 1.165) is 10.2 Å². The number of hydrogen-bond donors (Lipinski definition) is 1. The van der Waals surface area contributed by atoms with Gasteiger partial charge in [-0.2, -0.15) is 0 Å². The number of hydrogen-bond acceptors (Lipinski definition) is 1. The highest BCUT2D eigenvalue weighted by atomic mass is 79.9. The summed E-state index contributed by atoms with van der Waals surface area (Å²) in [6.45, 7) is 1.95. The number of nitrogens with zero attached hydrogens (tertiary/aromatic N) is 1. The van der Waals surface area contributed by atoms with Crippen LogP contribution in [0.4, 0.5) is 0 Å². The average molecular weight is 188 g/mol. The minimum Gasteiger partial charge on any atom is -0.205 e. The van der Waals surface area contributed by atoms with Gasteiger partial charge in [0, 0.05) is 13.0 Å². The molecule has 2 nitrogen and oxygen atoms in total. The van der Waals surface area contributed by atoms with Gasteiger partial charge in [0.2, 0.25) is 5.69 Å². The fraction of sp³-hybridized carbons (Fsp3) is 0.167. The average Bonchev–Trinajstić information content (AvgIpc) is 1.83. The van der Waals surface area contributed by atoms with Crippen LogP contribution in [0.25, 0.3) is 0 Å². The first-order chi connectivity index (χ1) is 4.22. The predicted octanol–water partition coefficient (Wildman–Crippen LogP) is 0.759. The number of pyridine rings is 1. The van der Waals surface area contributed by atoms with Crippen molar-refractivity contribution in [2.75, 3.05) is 5.84 Å². The monoisotopic (exact) mass is 187 g/mol. The van der Waals surface area contributed by atoms with Crippen LogP contribution in [0, 0.1) is 6.92 Å². The molecule has 0 aliphatic rings. The van der Waals surface area contributed by atoms with Crippen LogP contribution >= 0.6 is 15.9 Å². The molecular formula is C6H8BrN2+. The fourth-order valence-corrected chi connectivity index (χ4v) is 0.933. The third-order valence-electron chi connectivity index (χ3n) is 1.22. The van der Waals surface area contributed by atoms with Gasteiger partial charge in [0.1, 0.15) is 0 Å². The van der Waals surface area contributed by atoms with Gasteiger partial charge in [0.05, 0.1) is 4.47 Å². The molecule has 1 aromatic heterocycles. The summed E-state index contributed by atoms with van der Waals surface area (Å²) in [4.78, 5) is 0. The van der Waals surface area contributed by atoms with Crippen molar-refractivity contribution in [2.45, 2.75) is 6.92 Å². The lowest BCUT2D eigenvalue weighted by Gasteiger charge is -1.91. The second-order valence-corrected chi connectivity index (χ2v) is 2.70. The molecule has 0 unspecified atom stereocenters. The second-order valence-electron chi connectivity index (χ2n) is 1.85. The molecule has 0 saturated heterocycles. The first-order valence-electron chi connectivity index (χ1n) is 2.63. The highest BCUT2D eigenvalue weighted by molar-refractivity contribution is 9.10. The molecule has 0 fully saturated rings. The van der Waals surface area contributed by atoms with Crippen molar-refractivity contribution in [3.63, 3.8) is 0 Å². The van der Waals surface area contributed by atoms with Gasteiger partial charge in [-0.25, -0.2) is 5.84 Å². The molecule has 2 N–H and O–H groups in total. The highest BCUT2D eigenvalue weighted by Gasteiger charge is 2.03. The lowest BCUT2D eigenvalue weighted by Crippen LogP contribution is -2.46. The minimum absolute atomic E-state index is 1.03. The van der Waals surface area contributed by atoms with Gasteiger partial charge < -0.3 is 0 Å². The number of aromatic nitrogens is 1. The maximum Gasteiger partial charge on any atom is 0.222 e. The van der Waals surface area contributed by atoms with E-state index in [9.17, 15) is 0 Å². The van der Waals surface area contributed by atoms with E-state index in [1.807, 2.05) is 19.1 Å². The SMILES string of the molecule is Cc1c(Br)ccc[n+]1N. The van der Waals surface area contributed by atoms with E-state index in [1.54, 1.807) is 10.9 Å². The van der Waals surface area contributed by atoms with E-state index in [0.29, 0.717) is 0 Å². The molecular weight excluding hydrogens is 180 g/mol. The summed E-state index contributed by atoms with van der Waals surface area (Å²) in [5.41, 5.74) is 1.03. The van der Waals surface area contributed by atoms with Gasteiger partial charge in [-0.1, -0.05) is 4.68 Å². The van der Waals surface area contributed by atoms with Crippen LogP contribution in [0.3, 0.4) is 0 Å². The Labute approximate surface area is 62.4 Å². The summed E-state index contributed by atoms with van der Waals surface area (Å²) in [5, 5.41) is 0. The Morgan fingerprint density at radius 1 is 1.67 bits per heavy atom. The summed E-state index contributed by atoms with van der Waals surface area (Å²) >= 11 is 3.35. The molecule has 9 heavy (non-hydrogen) atoms. The summed E-state index contributed by atoms with van der Waals surface area (Å²) < 4.78 is 2.61. The lowest BCUT2D eigenvalue weighted by atomic mass is 10.4. The molecule has 0 spiro atoms. The Hall–Kier alpha value is -0.570. The van der Waals surface area contributed by atoms with E-state index in [1.165, 1.54) is 0 Å². The van der Waals surface area contributed by atoms with Crippen molar-refractivity contribution in [1.29, 1.82) is 0 Å². The van der Waals surface area contributed by atoms with Gasteiger partial charge in [-0.15, -0.1) is 0 Å². The zero-order valence-electron chi connectivity index (χ0n) is 5.13. The molecule has 0 aliphatic carbocycles. The van der Waals surface area contributed by atoms with Crippen LogP contribution in [0.5, 0.6) is 0 Å². The van der Waals surface area contributed by atoms with Gasteiger partial charge in [-0.05, 0) is 22.0 Å². The molecule has 48 valence electrons. The summed E-state index contributed by atoms with van der Waals surface area (Å²) in [7, 11) is 0. The zero-order valence-corrected chi connectivity index (χ0v) is 6.72. The largest absolute Gasteiger partial charge is 0.222 e. The number of nitrogen functional groups attached to an aromatic ring is 1. The third kappa shape index (κ3) is 1.21. The van der Waals surface area contributed by atoms with Gasteiger partial charge in [-0.3, -0.25) is 0 Å². The molecule has 0 bridgehead atoms. The highest BCUT2D eigenvalue weighted by Crippen LogP contribution is 2.08. The molecule has 1 rings (SSSR count). The lowest BCUT2D eigenvalue weighted by molar-refractivity contribution is -0.646. The topological polar surface area (TPSA) is 29.9 Å². The van der Waals surface area contributed by atoms with Crippen molar-refractivity contribution < 1.29 is 4.68 Å². The van der Waals surface area contributed by atoms with Crippen molar-refractivity contribution in [3.05, 3.63) is 28.5 Å². The summed E-state index contributed by atoms with van der Waals surface area (Å²) in [6, 6.07) is 3.84. The second kappa shape index (κ2) is 2.35. The molecule has 3 heteroatoms. The molecule has 0 aromatic carbocycles. The van der Waals surface area contributed by atoms with E-state index in [4.69, 9.17) is 5.84 Å². The Kier molecular flexibility index (Phi) is 1.71. The number of rotatable bonds is 0. The maximum atomic E-state index is 5.51. The van der Waals surface area contributed by atoms with Crippen LogP contribution in [0.2, 0.25) is 0 Å². The van der Waals surface area contributed by atoms with Gasteiger partial charge in [0.25, 0.3) is 0 Å². The molecule has 0 radical (unpaired) electrons. The van der Waals surface area contributed by atoms with Crippen molar-refractivity contribution in [3.8, 4) is 0 Å². The van der Waals surface area contributed by atoms with Gasteiger partial charge >= 0.3 is 0 Å². The molecule has 1 heterocycles. The third-order valence-corrected chi connectivity index (χ3v) is 2.06. The smallest absolute Gasteiger partial charge is 0.205 e. The molecule has 1 aromatic rings. The predicted molar refractivity (Wildman–Crippen MR) is 39.2 cm³/mol. The van der Waals surface area contributed by atoms with Crippen LogP contribution in [-0.2, 0) is 0 Å². The van der Waals surface area contributed by atoms with E-state index >= 15 is 0 Å². The van der Waals surface area contributed by atoms with Crippen molar-refractivity contribution in [2.24, 2.45) is 0 Å². The van der Waals surface area contributed by atoms with Crippen molar-refractivity contribution in [1.82, 2.24) is 0 Å². The van der Waals surface area contributed by atoms with Crippen LogP contribution in [0.1, 0.15) is 5.69 Å². The standard InChI is InChI=1S/C6H8BrN2/c1-5-6(7)3-2-4-9(5)8/h2-4H,8H2,1H3/q+1. The molecule has 0 atom stereocenters. The Balaban J connectivity index is 3.25. The van der Waals surface area contributed by atoms with E-state index < -0.39 is 0 Å². The van der Waals surface area contributed by atoms with Crippen LogP contribution in [-0.4, -0.2) is 0 Å². The van der Waals surface area contributed by atoms with Crippen LogP contribution in [0.15, 0.2) is 22.8 Å². The maximum absolute atomic E-state index is 5.51.